The molecule has 0 bridgehead atoms. The van der Waals surface area contributed by atoms with E-state index < -0.39 is 6.09 Å². The zero-order chi connectivity index (χ0) is 18.4. The summed E-state index contributed by atoms with van der Waals surface area (Å²) in [5.74, 6) is 0.202. The summed E-state index contributed by atoms with van der Waals surface area (Å²) in [6.07, 6.45) is 0.736. The molecule has 3 heterocycles. The molecule has 3 aliphatic heterocycles. The van der Waals surface area contributed by atoms with Crippen molar-refractivity contribution in [3.05, 3.63) is 45.3 Å². The first kappa shape index (κ1) is 17.7. The number of rotatable bonds is 1. The van der Waals surface area contributed by atoms with Gasteiger partial charge in [0.2, 0.25) is 0 Å². The Morgan fingerprint density at radius 2 is 2.19 bits per heavy atom. The van der Waals surface area contributed by atoms with Crippen LogP contribution in [0.4, 0.5) is 9.18 Å². The van der Waals surface area contributed by atoms with Crippen molar-refractivity contribution in [2.45, 2.75) is 24.0 Å². The Kier molecular flexibility index (Phi) is 4.64. The van der Waals surface area contributed by atoms with E-state index in [4.69, 9.17) is 0 Å². The van der Waals surface area contributed by atoms with Gasteiger partial charge in [-0.2, -0.15) is 11.8 Å². The Morgan fingerprint density at radius 3 is 2.92 bits per heavy atom. The molecular weight excluding hydrogens is 423 g/mol. The van der Waals surface area contributed by atoms with E-state index in [1.54, 1.807) is 23.9 Å². The normalized spacial score (nSPS) is 25.5. The van der Waals surface area contributed by atoms with Gasteiger partial charge in [0.05, 0.1) is 28.5 Å². The number of hydrogen-bond acceptors (Lipinski definition) is 4. The van der Waals surface area contributed by atoms with Gasteiger partial charge < -0.3 is 5.11 Å². The second-order valence-corrected chi connectivity index (χ2v) is 8.68. The molecule has 3 aliphatic rings. The molecule has 5 nitrogen and oxygen atoms in total. The largest absolute Gasteiger partial charge is 0.465 e. The van der Waals surface area contributed by atoms with E-state index >= 15 is 0 Å². The summed E-state index contributed by atoms with van der Waals surface area (Å²) in [5, 5.41) is 9.32. The minimum absolute atomic E-state index is 0.0418. The van der Waals surface area contributed by atoms with Gasteiger partial charge in [-0.1, -0.05) is 6.07 Å². The highest BCUT2D eigenvalue weighted by atomic mass is 79.9. The molecule has 0 aliphatic carbocycles. The molecule has 1 aromatic carbocycles. The van der Waals surface area contributed by atoms with E-state index in [1.165, 1.54) is 6.07 Å². The summed E-state index contributed by atoms with van der Waals surface area (Å²) in [4.78, 5) is 30.0. The van der Waals surface area contributed by atoms with Crippen LogP contribution in [0.1, 0.15) is 24.3 Å². The monoisotopic (exact) mass is 438 g/mol. The third-order valence-corrected chi connectivity index (χ3v) is 6.99. The van der Waals surface area contributed by atoms with Crippen molar-refractivity contribution in [3.63, 3.8) is 0 Å². The van der Waals surface area contributed by atoms with Crippen molar-refractivity contribution in [2.24, 2.45) is 4.99 Å². The van der Waals surface area contributed by atoms with Crippen LogP contribution in [-0.2, 0) is 4.79 Å². The molecule has 0 saturated carbocycles. The molecular formula is C18H16BrFN2O3S. The maximum absolute atomic E-state index is 13.7. The van der Waals surface area contributed by atoms with Gasteiger partial charge in [-0.05, 0) is 52.2 Å². The van der Waals surface area contributed by atoms with Gasteiger partial charge in [-0.25, -0.2) is 9.18 Å². The van der Waals surface area contributed by atoms with Crippen LogP contribution in [0, 0.1) is 5.82 Å². The smallest absolute Gasteiger partial charge is 0.408 e. The highest BCUT2D eigenvalue weighted by Crippen LogP contribution is 2.45. The van der Waals surface area contributed by atoms with E-state index in [2.05, 4.69) is 20.9 Å². The lowest BCUT2D eigenvalue weighted by molar-refractivity contribution is -0.117. The Hall–Kier alpha value is -1.67. The minimum atomic E-state index is -1.12. The molecule has 2 atom stereocenters. The highest BCUT2D eigenvalue weighted by Gasteiger charge is 2.43. The molecule has 1 fully saturated rings. The van der Waals surface area contributed by atoms with Crippen LogP contribution in [0.3, 0.4) is 0 Å². The summed E-state index contributed by atoms with van der Waals surface area (Å²) in [7, 11) is 0. The molecule has 0 aromatic heterocycles. The van der Waals surface area contributed by atoms with Gasteiger partial charge in [-0.3, -0.25) is 14.7 Å². The number of carboxylic acid groups (broad SMARTS) is 1. The van der Waals surface area contributed by atoms with Crippen molar-refractivity contribution in [3.8, 4) is 0 Å². The number of hydrogen-bond donors (Lipinski definition) is 1. The fourth-order valence-electron chi connectivity index (χ4n) is 3.81. The van der Waals surface area contributed by atoms with Crippen molar-refractivity contribution in [1.82, 2.24) is 4.90 Å². The number of nitrogens with zero attached hydrogens (tertiary/aromatic N) is 2. The predicted molar refractivity (Wildman–Crippen MR) is 101 cm³/mol. The number of Topliss-reactive ketones (excluding diaryl/α,β-unsaturated/α-hetero) is 1. The molecule has 8 heteroatoms. The zero-order valence-corrected chi connectivity index (χ0v) is 16.1. The lowest BCUT2D eigenvalue weighted by Gasteiger charge is -2.40. The van der Waals surface area contributed by atoms with Crippen LogP contribution in [0.25, 0.3) is 0 Å². The first-order valence-electron chi connectivity index (χ1n) is 8.34. The first-order valence-corrected chi connectivity index (χ1v) is 10.2. The van der Waals surface area contributed by atoms with Gasteiger partial charge in [0, 0.05) is 17.2 Å². The molecule has 1 amide bonds. The molecule has 1 saturated heterocycles. The van der Waals surface area contributed by atoms with E-state index in [1.807, 2.05) is 0 Å². The molecule has 0 radical (unpaired) electrons. The lowest BCUT2D eigenvalue weighted by Crippen LogP contribution is -2.46. The number of carbonyl (C=O) groups excluding carboxylic acids is 1. The molecule has 1 aromatic rings. The number of aliphatic imine (C=N–C) groups is 1. The number of halogens is 2. The summed E-state index contributed by atoms with van der Waals surface area (Å²) in [6.45, 7) is -0.0363. The molecule has 2 unspecified atom stereocenters. The number of ketones is 1. The SMILES string of the molecule is O=C1CN(C(=O)O)CC2=C1C(c1ccc(F)c(Br)c1)C1SCCCC1=N2. The summed E-state index contributed by atoms with van der Waals surface area (Å²) >= 11 is 5.00. The standard InChI is InChI=1S/C18H16BrFN2O3S/c19-10-6-9(3-4-11(10)20)15-16-13(7-22(18(24)25)8-14(16)23)21-12-2-1-5-26-17(12)15/h3-4,6,15,17H,1-2,5,7-8H2,(H,24,25). The molecule has 1 N–H and O–H groups in total. The van der Waals surface area contributed by atoms with Gasteiger partial charge in [-0.15, -0.1) is 0 Å². The Balaban J connectivity index is 1.84. The van der Waals surface area contributed by atoms with E-state index in [0.29, 0.717) is 15.7 Å². The summed E-state index contributed by atoms with van der Waals surface area (Å²) < 4.78 is 14.1. The number of benzene rings is 1. The number of amides is 1. The first-order chi connectivity index (χ1) is 12.5. The van der Waals surface area contributed by atoms with Crippen LogP contribution < -0.4 is 0 Å². The van der Waals surface area contributed by atoms with Gasteiger partial charge in [0.1, 0.15) is 5.82 Å². The number of fused-ring (bicyclic) bond motifs is 1. The quantitative estimate of drug-likeness (QED) is 0.722. The number of thioether (sulfide) groups is 1. The maximum Gasteiger partial charge on any atom is 0.408 e. The average molecular weight is 439 g/mol. The summed E-state index contributed by atoms with van der Waals surface area (Å²) in [5.41, 5.74) is 2.99. The molecule has 26 heavy (non-hydrogen) atoms. The third-order valence-electron chi connectivity index (χ3n) is 4.96. The lowest BCUT2D eigenvalue weighted by atomic mass is 9.79. The Bertz CT molecular complexity index is 870. The van der Waals surface area contributed by atoms with E-state index in [9.17, 15) is 19.1 Å². The maximum atomic E-state index is 13.7. The fraction of sp³-hybridized carbons (Fsp3) is 0.389. The van der Waals surface area contributed by atoms with Crippen molar-refractivity contribution in [2.75, 3.05) is 18.8 Å². The zero-order valence-electron chi connectivity index (χ0n) is 13.7. The summed E-state index contributed by atoms with van der Waals surface area (Å²) in [6, 6.07) is 4.83. The second kappa shape index (κ2) is 6.81. The van der Waals surface area contributed by atoms with E-state index in [-0.39, 0.29) is 35.9 Å². The fourth-order valence-corrected chi connectivity index (χ4v) is 5.62. The van der Waals surface area contributed by atoms with Crippen LogP contribution in [0.2, 0.25) is 0 Å². The van der Waals surface area contributed by atoms with Gasteiger partial charge in [0.15, 0.2) is 5.78 Å². The number of carbonyl (C=O) groups is 2. The van der Waals surface area contributed by atoms with E-state index in [0.717, 1.165) is 34.8 Å². The Labute approximate surface area is 162 Å². The van der Waals surface area contributed by atoms with Crippen LogP contribution >= 0.6 is 27.7 Å². The van der Waals surface area contributed by atoms with Gasteiger partial charge in [0.25, 0.3) is 0 Å². The molecule has 0 spiro atoms. The predicted octanol–water partition coefficient (Wildman–Crippen LogP) is 3.84. The topological polar surface area (TPSA) is 70.0 Å². The van der Waals surface area contributed by atoms with Gasteiger partial charge >= 0.3 is 6.09 Å². The minimum Gasteiger partial charge on any atom is -0.465 e. The van der Waals surface area contributed by atoms with Crippen LogP contribution in [0.5, 0.6) is 0 Å². The second-order valence-electron chi connectivity index (χ2n) is 6.57. The van der Waals surface area contributed by atoms with Crippen molar-refractivity contribution >= 4 is 45.3 Å². The van der Waals surface area contributed by atoms with Crippen molar-refractivity contribution in [1.29, 1.82) is 0 Å². The highest BCUT2D eigenvalue weighted by molar-refractivity contribution is 9.10. The molecule has 4 rings (SSSR count). The van der Waals surface area contributed by atoms with Crippen LogP contribution in [-0.4, -0.2) is 51.7 Å². The van der Waals surface area contributed by atoms with Crippen LogP contribution in [0.15, 0.2) is 38.9 Å². The molecule has 136 valence electrons. The average Bonchev–Trinajstić information content (AvgIpc) is 2.62. The van der Waals surface area contributed by atoms with Crippen molar-refractivity contribution < 1.29 is 19.1 Å². The third kappa shape index (κ3) is 2.99. The Morgan fingerprint density at radius 1 is 1.38 bits per heavy atom.